The molecule has 0 radical (unpaired) electrons. The fourth-order valence-electron chi connectivity index (χ4n) is 1.95. The number of rotatable bonds is 4. The Morgan fingerprint density at radius 3 is 2.65 bits per heavy atom. The van der Waals surface area contributed by atoms with Crippen molar-refractivity contribution in [1.82, 2.24) is 15.5 Å². The molecule has 0 aliphatic heterocycles. The van der Waals surface area contributed by atoms with Crippen LogP contribution in [-0.2, 0) is 6.42 Å². The number of aryl methyl sites for hydroxylation is 1. The lowest BCUT2D eigenvalue weighted by molar-refractivity contribution is 0.0934. The predicted molar refractivity (Wildman–Crippen MR) is 78.9 cm³/mol. The molecule has 1 amide bonds. The van der Waals surface area contributed by atoms with Crippen LogP contribution in [0.5, 0.6) is 0 Å². The average molecular weight is 290 g/mol. The van der Waals surface area contributed by atoms with Crippen LogP contribution in [0.3, 0.4) is 0 Å². The molecule has 2 rings (SSSR count). The van der Waals surface area contributed by atoms with Crippen molar-refractivity contribution in [2.45, 2.75) is 26.3 Å². The van der Waals surface area contributed by atoms with E-state index in [-0.39, 0.29) is 22.8 Å². The second kappa shape index (κ2) is 6.48. The molecule has 0 saturated carbocycles. The van der Waals surface area contributed by atoms with Crippen molar-refractivity contribution in [2.75, 3.05) is 0 Å². The zero-order chi connectivity index (χ0) is 14.5. The van der Waals surface area contributed by atoms with Crippen molar-refractivity contribution < 1.29 is 4.79 Å². The minimum absolute atomic E-state index is 0.0149. The Labute approximate surface area is 123 Å². The third-order valence-electron chi connectivity index (χ3n) is 3.03. The highest BCUT2D eigenvalue weighted by molar-refractivity contribution is 6.29. The van der Waals surface area contributed by atoms with Gasteiger partial charge in [-0.15, -0.1) is 10.2 Å². The summed E-state index contributed by atoms with van der Waals surface area (Å²) in [6.45, 7) is 4.03. The van der Waals surface area contributed by atoms with Gasteiger partial charge in [-0.25, -0.2) is 0 Å². The van der Waals surface area contributed by atoms with E-state index in [9.17, 15) is 4.79 Å². The molecule has 5 heteroatoms. The number of carbonyl (C=O) groups is 1. The summed E-state index contributed by atoms with van der Waals surface area (Å²) in [5.74, 6) is -0.241. The van der Waals surface area contributed by atoms with E-state index in [1.54, 1.807) is 12.1 Å². The van der Waals surface area contributed by atoms with Crippen LogP contribution in [-0.4, -0.2) is 22.1 Å². The number of hydrogen-bond donors (Lipinski definition) is 1. The monoisotopic (exact) mass is 289 g/mol. The van der Waals surface area contributed by atoms with Crippen LogP contribution in [0, 0.1) is 6.92 Å². The van der Waals surface area contributed by atoms with Gasteiger partial charge < -0.3 is 5.32 Å². The van der Waals surface area contributed by atoms with Crippen LogP contribution in [0.4, 0.5) is 0 Å². The highest BCUT2D eigenvalue weighted by atomic mass is 35.5. The Kier molecular flexibility index (Phi) is 4.69. The van der Waals surface area contributed by atoms with Gasteiger partial charge in [0.15, 0.2) is 10.8 Å². The van der Waals surface area contributed by atoms with Gasteiger partial charge in [0, 0.05) is 6.04 Å². The Morgan fingerprint density at radius 1 is 1.25 bits per heavy atom. The summed E-state index contributed by atoms with van der Waals surface area (Å²) in [7, 11) is 0. The van der Waals surface area contributed by atoms with Crippen molar-refractivity contribution in [2.24, 2.45) is 0 Å². The van der Waals surface area contributed by atoms with E-state index in [1.165, 1.54) is 11.1 Å². The van der Waals surface area contributed by atoms with E-state index in [0.717, 1.165) is 6.42 Å². The van der Waals surface area contributed by atoms with Gasteiger partial charge in [0.25, 0.3) is 5.91 Å². The maximum atomic E-state index is 12.0. The molecular weight excluding hydrogens is 274 g/mol. The average Bonchev–Trinajstić information content (AvgIpc) is 2.42. The fraction of sp³-hybridized carbons (Fsp3) is 0.267. The lowest BCUT2D eigenvalue weighted by Gasteiger charge is -2.14. The smallest absolute Gasteiger partial charge is 0.272 e. The summed E-state index contributed by atoms with van der Waals surface area (Å²) >= 11 is 5.64. The molecule has 20 heavy (non-hydrogen) atoms. The molecule has 0 bridgehead atoms. The van der Waals surface area contributed by atoms with Gasteiger partial charge in [-0.3, -0.25) is 4.79 Å². The van der Waals surface area contributed by atoms with Crippen molar-refractivity contribution in [3.8, 4) is 0 Å². The van der Waals surface area contributed by atoms with Crippen molar-refractivity contribution >= 4 is 17.5 Å². The van der Waals surface area contributed by atoms with Gasteiger partial charge >= 0.3 is 0 Å². The van der Waals surface area contributed by atoms with Crippen LogP contribution in [0.15, 0.2) is 36.4 Å². The second-order valence-corrected chi connectivity index (χ2v) is 5.13. The Bertz CT molecular complexity index is 598. The SMILES string of the molecule is Cc1ccccc1CC(C)NC(=O)c1ccc(Cl)nn1. The van der Waals surface area contributed by atoms with Crippen LogP contribution in [0.1, 0.15) is 28.5 Å². The number of hydrogen-bond acceptors (Lipinski definition) is 3. The van der Waals surface area contributed by atoms with Gasteiger partial charge in [0.2, 0.25) is 0 Å². The van der Waals surface area contributed by atoms with E-state index in [1.807, 2.05) is 19.1 Å². The number of nitrogens with one attached hydrogen (secondary N) is 1. The molecule has 1 atom stereocenters. The molecular formula is C15H16ClN3O. The molecule has 1 heterocycles. The maximum absolute atomic E-state index is 12.0. The van der Waals surface area contributed by atoms with Gasteiger partial charge in [-0.1, -0.05) is 35.9 Å². The molecule has 0 aliphatic carbocycles. The number of benzene rings is 1. The first-order chi connectivity index (χ1) is 9.56. The number of carbonyl (C=O) groups excluding carboxylic acids is 1. The van der Waals surface area contributed by atoms with Crippen molar-refractivity contribution in [3.05, 3.63) is 58.4 Å². The third-order valence-corrected chi connectivity index (χ3v) is 3.23. The largest absolute Gasteiger partial charge is 0.348 e. The number of nitrogens with zero attached hydrogens (tertiary/aromatic N) is 2. The zero-order valence-electron chi connectivity index (χ0n) is 11.4. The minimum atomic E-state index is -0.241. The molecule has 2 aromatic rings. The van der Waals surface area contributed by atoms with E-state index in [2.05, 4.69) is 34.6 Å². The van der Waals surface area contributed by atoms with Crippen LogP contribution in [0.25, 0.3) is 0 Å². The topological polar surface area (TPSA) is 54.9 Å². The van der Waals surface area contributed by atoms with Crippen molar-refractivity contribution in [3.63, 3.8) is 0 Å². The zero-order valence-corrected chi connectivity index (χ0v) is 12.2. The Hall–Kier alpha value is -1.94. The van der Waals surface area contributed by atoms with Gasteiger partial charge in [0.1, 0.15) is 0 Å². The summed E-state index contributed by atoms with van der Waals surface area (Å²) in [6.07, 6.45) is 0.777. The van der Waals surface area contributed by atoms with E-state index in [0.29, 0.717) is 0 Å². The number of aromatic nitrogens is 2. The lowest BCUT2D eigenvalue weighted by atomic mass is 10.0. The molecule has 0 aliphatic rings. The van der Waals surface area contributed by atoms with Gasteiger partial charge in [0.05, 0.1) is 0 Å². The number of amides is 1. The molecule has 1 aromatic heterocycles. The van der Waals surface area contributed by atoms with Crippen LogP contribution >= 0.6 is 11.6 Å². The van der Waals surface area contributed by atoms with E-state index >= 15 is 0 Å². The van der Waals surface area contributed by atoms with E-state index < -0.39 is 0 Å². The lowest BCUT2D eigenvalue weighted by Crippen LogP contribution is -2.34. The second-order valence-electron chi connectivity index (χ2n) is 4.75. The molecule has 0 saturated heterocycles. The molecule has 0 fully saturated rings. The van der Waals surface area contributed by atoms with Crippen molar-refractivity contribution in [1.29, 1.82) is 0 Å². The van der Waals surface area contributed by atoms with Gasteiger partial charge in [-0.05, 0) is 43.5 Å². The highest BCUT2D eigenvalue weighted by Gasteiger charge is 2.12. The van der Waals surface area contributed by atoms with E-state index in [4.69, 9.17) is 11.6 Å². The standard InChI is InChI=1S/C15H16ClN3O/c1-10-5-3-4-6-12(10)9-11(2)17-15(20)13-7-8-14(16)19-18-13/h3-8,11H,9H2,1-2H3,(H,17,20). The summed E-state index contributed by atoms with van der Waals surface area (Å²) in [5.41, 5.74) is 2.72. The molecule has 1 aromatic carbocycles. The first-order valence-corrected chi connectivity index (χ1v) is 6.78. The normalized spacial score (nSPS) is 11.9. The molecule has 1 unspecified atom stereocenters. The highest BCUT2D eigenvalue weighted by Crippen LogP contribution is 2.10. The van der Waals surface area contributed by atoms with Gasteiger partial charge in [-0.2, -0.15) is 0 Å². The molecule has 4 nitrogen and oxygen atoms in total. The van der Waals surface area contributed by atoms with Crippen LogP contribution in [0.2, 0.25) is 5.15 Å². The summed E-state index contributed by atoms with van der Waals surface area (Å²) in [6, 6.07) is 11.3. The summed E-state index contributed by atoms with van der Waals surface area (Å²) in [5, 5.41) is 10.6. The number of halogens is 1. The van der Waals surface area contributed by atoms with Crippen LogP contribution < -0.4 is 5.32 Å². The first kappa shape index (κ1) is 14.5. The predicted octanol–water partition coefficient (Wildman–Crippen LogP) is 2.80. The fourth-order valence-corrected chi connectivity index (χ4v) is 2.06. The molecule has 1 N–H and O–H groups in total. The maximum Gasteiger partial charge on any atom is 0.272 e. The molecule has 104 valence electrons. The first-order valence-electron chi connectivity index (χ1n) is 6.41. The third kappa shape index (κ3) is 3.78. The summed E-state index contributed by atoms with van der Waals surface area (Å²) in [4.78, 5) is 12.0. The quantitative estimate of drug-likeness (QED) is 0.941. The minimum Gasteiger partial charge on any atom is -0.348 e. The Morgan fingerprint density at radius 2 is 2.00 bits per heavy atom. The Balaban J connectivity index is 1.98. The molecule has 0 spiro atoms. The summed E-state index contributed by atoms with van der Waals surface area (Å²) < 4.78 is 0.